The number of para-hydroxylation sites is 1. The van der Waals surface area contributed by atoms with Crippen molar-refractivity contribution in [1.29, 1.82) is 5.26 Å². The van der Waals surface area contributed by atoms with E-state index in [4.69, 9.17) is 12.2 Å². The number of nitrogens with zero attached hydrogens (tertiary/aromatic N) is 3. The van der Waals surface area contributed by atoms with Crippen molar-refractivity contribution in [1.82, 2.24) is 9.88 Å². The monoisotopic (exact) mass is 490 g/mol. The van der Waals surface area contributed by atoms with Crippen LogP contribution in [0, 0.1) is 25.2 Å². The quantitative estimate of drug-likeness (QED) is 0.248. The Labute approximate surface area is 214 Å². The fourth-order valence-corrected chi connectivity index (χ4v) is 4.74. The second-order valence-electron chi connectivity index (χ2n) is 8.75. The smallest absolute Gasteiger partial charge is 0.270 e. The summed E-state index contributed by atoms with van der Waals surface area (Å²) in [5.74, 6) is -0.998. The Balaban J connectivity index is 1.60. The van der Waals surface area contributed by atoms with E-state index in [0.29, 0.717) is 17.8 Å². The molecule has 1 aliphatic heterocycles. The van der Waals surface area contributed by atoms with Crippen molar-refractivity contribution in [2.45, 2.75) is 20.4 Å². The van der Waals surface area contributed by atoms with Crippen molar-refractivity contribution in [3.63, 3.8) is 0 Å². The van der Waals surface area contributed by atoms with Crippen molar-refractivity contribution >= 4 is 51.8 Å². The Morgan fingerprint density at radius 1 is 1.03 bits per heavy atom. The van der Waals surface area contributed by atoms with Crippen LogP contribution in [0.1, 0.15) is 27.8 Å². The lowest BCUT2D eigenvalue weighted by Crippen LogP contribution is -2.54. The molecule has 1 fully saturated rings. The summed E-state index contributed by atoms with van der Waals surface area (Å²) in [4.78, 5) is 27.9. The molecule has 1 aliphatic rings. The van der Waals surface area contributed by atoms with Crippen molar-refractivity contribution < 1.29 is 9.59 Å². The Hall–Kier alpha value is -4.54. The van der Waals surface area contributed by atoms with E-state index >= 15 is 0 Å². The number of aryl methyl sites for hydroxylation is 2. The first-order valence-electron chi connectivity index (χ1n) is 11.4. The minimum Gasteiger partial charge on any atom is -0.342 e. The molecule has 7 heteroatoms. The normalized spacial score (nSPS) is 14.9. The van der Waals surface area contributed by atoms with Crippen LogP contribution in [0.25, 0.3) is 17.0 Å². The summed E-state index contributed by atoms with van der Waals surface area (Å²) in [6.07, 6.45) is 3.52. The molecule has 0 aliphatic carbocycles. The summed E-state index contributed by atoms with van der Waals surface area (Å²) in [6.45, 7) is 4.32. The highest BCUT2D eigenvalue weighted by molar-refractivity contribution is 7.80. The van der Waals surface area contributed by atoms with Gasteiger partial charge in [-0.05, 0) is 67.0 Å². The predicted octanol–water partition coefficient (Wildman–Crippen LogP) is 5.01. The Kier molecular flexibility index (Phi) is 5.96. The third-order valence-corrected chi connectivity index (χ3v) is 6.59. The number of hydrogen-bond acceptors (Lipinski definition) is 4. The van der Waals surface area contributed by atoms with Crippen LogP contribution >= 0.6 is 12.2 Å². The molecule has 176 valence electrons. The molecule has 36 heavy (non-hydrogen) atoms. The Morgan fingerprint density at radius 2 is 1.78 bits per heavy atom. The van der Waals surface area contributed by atoms with Crippen LogP contribution < -0.4 is 10.2 Å². The van der Waals surface area contributed by atoms with Gasteiger partial charge >= 0.3 is 0 Å². The Morgan fingerprint density at radius 3 is 2.58 bits per heavy atom. The van der Waals surface area contributed by atoms with Gasteiger partial charge in [0, 0.05) is 29.2 Å². The van der Waals surface area contributed by atoms with Gasteiger partial charge in [-0.3, -0.25) is 19.8 Å². The summed E-state index contributed by atoms with van der Waals surface area (Å²) < 4.78 is 2.02. The van der Waals surface area contributed by atoms with Crippen molar-refractivity contribution in [2.24, 2.45) is 0 Å². The molecule has 2 amide bonds. The fraction of sp³-hybridized carbons (Fsp3) is 0.103. The lowest BCUT2D eigenvalue weighted by atomic mass is 10.0. The number of amides is 2. The van der Waals surface area contributed by atoms with E-state index in [9.17, 15) is 14.9 Å². The SMILES string of the molecule is Cc1ccc(C)c(N2C(=O)/C(=C/c3cn(Cc4ccccc4C#N)c4ccccc34)C(=O)NC2=S)c1. The number of thiocarbonyl (C=S) groups is 1. The highest BCUT2D eigenvalue weighted by atomic mass is 32.1. The molecule has 0 spiro atoms. The number of rotatable bonds is 4. The van der Waals surface area contributed by atoms with Gasteiger partial charge in [-0.25, -0.2) is 0 Å². The summed E-state index contributed by atoms with van der Waals surface area (Å²) in [7, 11) is 0. The molecule has 1 N–H and O–H groups in total. The van der Waals surface area contributed by atoms with Crippen LogP contribution in [0.5, 0.6) is 0 Å². The highest BCUT2D eigenvalue weighted by Crippen LogP contribution is 2.29. The van der Waals surface area contributed by atoms with E-state index in [2.05, 4.69) is 11.4 Å². The molecule has 6 nitrogen and oxygen atoms in total. The maximum absolute atomic E-state index is 13.6. The van der Waals surface area contributed by atoms with E-state index in [0.717, 1.165) is 33.2 Å². The van der Waals surface area contributed by atoms with Crippen LogP contribution in [0.3, 0.4) is 0 Å². The summed E-state index contributed by atoms with van der Waals surface area (Å²) in [5.41, 5.74) is 5.66. The first kappa shape index (κ1) is 23.2. The molecule has 4 aromatic rings. The molecule has 0 unspecified atom stereocenters. The lowest BCUT2D eigenvalue weighted by molar-refractivity contribution is -0.122. The number of carbonyl (C=O) groups excluding carboxylic acids is 2. The van der Waals surface area contributed by atoms with Crippen LogP contribution in [0.4, 0.5) is 5.69 Å². The number of anilines is 1. The molecule has 1 aromatic heterocycles. The molecule has 3 aromatic carbocycles. The first-order chi connectivity index (χ1) is 17.4. The number of carbonyl (C=O) groups is 2. The third-order valence-electron chi connectivity index (χ3n) is 6.30. The largest absolute Gasteiger partial charge is 0.342 e. The molecule has 0 atom stereocenters. The zero-order valence-corrected chi connectivity index (χ0v) is 20.6. The average molecular weight is 491 g/mol. The molecule has 0 saturated carbocycles. The van der Waals surface area contributed by atoms with Gasteiger partial charge in [-0.2, -0.15) is 5.26 Å². The lowest BCUT2D eigenvalue weighted by Gasteiger charge is -2.30. The molecule has 2 heterocycles. The second kappa shape index (κ2) is 9.25. The Bertz CT molecular complexity index is 1640. The number of nitriles is 1. The molecular formula is C29H22N4O2S. The number of aromatic nitrogens is 1. The van der Waals surface area contributed by atoms with Crippen molar-refractivity contribution in [3.8, 4) is 6.07 Å². The minimum atomic E-state index is -0.529. The maximum Gasteiger partial charge on any atom is 0.270 e. The number of benzene rings is 3. The summed E-state index contributed by atoms with van der Waals surface area (Å²) in [5, 5.41) is 13.1. The van der Waals surface area contributed by atoms with E-state index < -0.39 is 11.8 Å². The van der Waals surface area contributed by atoms with Gasteiger partial charge in [0.1, 0.15) is 5.57 Å². The number of nitrogens with one attached hydrogen (secondary N) is 1. The van der Waals surface area contributed by atoms with Crippen LogP contribution in [0.2, 0.25) is 0 Å². The van der Waals surface area contributed by atoms with Gasteiger partial charge in [0.05, 0.1) is 17.3 Å². The zero-order valence-electron chi connectivity index (χ0n) is 19.8. The minimum absolute atomic E-state index is 0.00448. The van der Waals surface area contributed by atoms with Gasteiger partial charge in [0.2, 0.25) is 0 Å². The van der Waals surface area contributed by atoms with Crippen LogP contribution in [0.15, 0.2) is 78.5 Å². The standard InChI is InChI=1S/C29H22N4O2S/c1-18-11-12-19(2)26(13-18)33-28(35)24(27(34)31-29(33)36)14-22-17-32(25-10-6-5-9-23(22)25)16-21-8-4-3-7-20(21)15-30/h3-14,17H,16H2,1-2H3,(H,31,34,36)/b24-14+. The van der Waals surface area contributed by atoms with Crippen molar-refractivity contribution in [2.75, 3.05) is 4.90 Å². The molecule has 0 radical (unpaired) electrons. The average Bonchev–Trinajstić information content (AvgIpc) is 3.21. The predicted molar refractivity (Wildman–Crippen MR) is 144 cm³/mol. The van der Waals surface area contributed by atoms with E-state index in [-0.39, 0.29) is 10.7 Å². The third kappa shape index (κ3) is 4.08. The van der Waals surface area contributed by atoms with Gasteiger partial charge in [0.25, 0.3) is 11.8 Å². The van der Waals surface area contributed by atoms with E-state index in [1.165, 1.54) is 4.90 Å². The summed E-state index contributed by atoms with van der Waals surface area (Å²) in [6, 6.07) is 23.2. The first-order valence-corrected chi connectivity index (χ1v) is 11.8. The number of fused-ring (bicyclic) bond motifs is 1. The van der Waals surface area contributed by atoms with Gasteiger partial charge in [0.15, 0.2) is 5.11 Å². The van der Waals surface area contributed by atoms with E-state index in [1.54, 1.807) is 12.1 Å². The van der Waals surface area contributed by atoms with Gasteiger partial charge < -0.3 is 4.57 Å². The number of hydrogen-bond donors (Lipinski definition) is 1. The second-order valence-corrected chi connectivity index (χ2v) is 9.13. The fourth-order valence-electron chi connectivity index (χ4n) is 4.46. The van der Waals surface area contributed by atoms with E-state index in [1.807, 2.05) is 85.3 Å². The van der Waals surface area contributed by atoms with Gasteiger partial charge in [-0.1, -0.05) is 48.5 Å². The maximum atomic E-state index is 13.6. The highest BCUT2D eigenvalue weighted by Gasteiger charge is 2.35. The van der Waals surface area contributed by atoms with Crippen LogP contribution in [-0.2, 0) is 16.1 Å². The van der Waals surface area contributed by atoms with Crippen molar-refractivity contribution in [3.05, 3.63) is 106 Å². The molecular weight excluding hydrogens is 468 g/mol. The molecule has 5 rings (SSSR count). The molecule has 0 bridgehead atoms. The van der Waals surface area contributed by atoms with Gasteiger partial charge in [-0.15, -0.1) is 0 Å². The zero-order chi connectivity index (χ0) is 25.4. The molecule has 1 saturated heterocycles. The van der Waals surface area contributed by atoms with Crippen LogP contribution in [-0.4, -0.2) is 21.5 Å². The topological polar surface area (TPSA) is 78.1 Å². The summed E-state index contributed by atoms with van der Waals surface area (Å²) >= 11 is 5.38.